The fraction of sp³-hybridized carbons (Fsp3) is 0.174. The van der Waals surface area contributed by atoms with Gasteiger partial charge in [-0.2, -0.15) is 0 Å². The molecule has 1 N–H and O–H groups in total. The van der Waals surface area contributed by atoms with E-state index in [4.69, 9.17) is 9.47 Å². The molecule has 1 aliphatic rings. The molecule has 3 aromatic rings. The molecule has 28 heavy (non-hydrogen) atoms. The van der Waals surface area contributed by atoms with Gasteiger partial charge in [-0.3, -0.25) is 4.79 Å². The molecule has 0 unspecified atom stereocenters. The number of hydrogen-bond donors (Lipinski definition) is 1. The zero-order valence-corrected chi connectivity index (χ0v) is 15.2. The lowest BCUT2D eigenvalue weighted by Crippen LogP contribution is -2.32. The van der Waals surface area contributed by atoms with E-state index < -0.39 is 0 Å². The third-order valence-electron chi connectivity index (χ3n) is 4.70. The van der Waals surface area contributed by atoms with E-state index in [0.29, 0.717) is 24.3 Å². The van der Waals surface area contributed by atoms with Gasteiger partial charge in [-0.1, -0.05) is 42.5 Å². The minimum Gasteiger partial charge on any atom is -0.493 e. The van der Waals surface area contributed by atoms with Crippen molar-refractivity contribution in [3.8, 4) is 11.5 Å². The van der Waals surface area contributed by atoms with E-state index in [9.17, 15) is 9.18 Å². The molecule has 3 aromatic carbocycles. The highest BCUT2D eigenvalue weighted by molar-refractivity contribution is 5.97. The van der Waals surface area contributed by atoms with Gasteiger partial charge < -0.3 is 14.8 Å². The first-order valence-corrected chi connectivity index (χ1v) is 9.19. The highest BCUT2D eigenvalue weighted by atomic mass is 19.1. The first-order valence-electron chi connectivity index (χ1n) is 9.19. The van der Waals surface area contributed by atoms with Gasteiger partial charge in [0.1, 0.15) is 23.9 Å². The summed E-state index contributed by atoms with van der Waals surface area (Å²) in [6, 6.07) is 20.9. The number of para-hydroxylation sites is 2. The third-order valence-corrected chi connectivity index (χ3v) is 4.70. The van der Waals surface area contributed by atoms with Gasteiger partial charge in [0.2, 0.25) is 0 Å². The summed E-state index contributed by atoms with van der Waals surface area (Å²) in [6.07, 6.45) is 0.710. The SMILES string of the molecule is O=C(N[C@H]1CCOc2ccccc21)c1ccccc1OCc1ccc(F)cc1. The summed E-state index contributed by atoms with van der Waals surface area (Å²) >= 11 is 0. The van der Waals surface area contributed by atoms with Crippen molar-refractivity contribution in [2.45, 2.75) is 19.1 Å². The Balaban J connectivity index is 1.49. The molecule has 0 radical (unpaired) electrons. The lowest BCUT2D eigenvalue weighted by molar-refractivity contribution is 0.0920. The van der Waals surface area contributed by atoms with Crippen LogP contribution in [-0.4, -0.2) is 12.5 Å². The number of halogens is 1. The molecule has 0 aliphatic carbocycles. The molecule has 1 aliphatic heterocycles. The standard InChI is InChI=1S/C23H20FNO3/c24-17-11-9-16(10-12-17)15-28-22-8-4-2-6-19(22)23(26)25-20-13-14-27-21-7-3-1-5-18(20)21/h1-12,20H,13-15H2,(H,25,26)/t20-/m0/s1. The Kier molecular flexibility index (Phi) is 5.24. The number of ether oxygens (including phenoxy) is 2. The minimum atomic E-state index is -0.291. The molecule has 0 fully saturated rings. The Morgan fingerprint density at radius 2 is 1.79 bits per heavy atom. The van der Waals surface area contributed by atoms with E-state index in [-0.39, 0.29) is 24.4 Å². The third kappa shape index (κ3) is 3.98. The van der Waals surface area contributed by atoms with Crippen molar-refractivity contribution in [2.75, 3.05) is 6.61 Å². The van der Waals surface area contributed by atoms with Gasteiger partial charge in [0.05, 0.1) is 18.2 Å². The second kappa shape index (κ2) is 8.13. The van der Waals surface area contributed by atoms with Gasteiger partial charge in [0.15, 0.2) is 0 Å². The van der Waals surface area contributed by atoms with Crippen LogP contribution in [0.3, 0.4) is 0 Å². The first kappa shape index (κ1) is 18.0. The van der Waals surface area contributed by atoms with E-state index in [2.05, 4.69) is 5.32 Å². The average molecular weight is 377 g/mol. The van der Waals surface area contributed by atoms with Crippen LogP contribution >= 0.6 is 0 Å². The zero-order chi connectivity index (χ0) is 19.3. The topological polar surface area (TPSA) is 47.6 Å². The Morgan fingerprint density at radius 1 is 1.04 bits per heavy atom. The smallest absolute Gasteiger partial charge is 0.255 e. The minimum absolute atomic E-state index is 0.109. The van der Waals surface area contributed by atoms with Gasteiger partial charge >= 0.3 is 0 Å². The maximum Gasteiger partial charge on any atom is 0.255 e. The molecule has 1 heterocycles. The number of nitrogens with one attached hydrogen (secondary N) is 1. The van der Waals surface area contributed by atoms with E-state index in [1.807, 2.05) is 30.3 Å². The summed E-state index contributed by atoms with van der Waals surface area (Å²) in [5, 5.41) is 3.09. The van der Waals surface area contributed by atoms with Crippen LogP contribution in [0.1, 0.15) is 33.9 Å². The second-order valence-corrected chi connectivity index (χ2v) is 6.61. The summed E-state index contributed by atoms with van der Waals surface area (Å²) in [7, 11) is 0. The van der Waals surface area contributed by atoms with E-state index >= 15 is 0 Å². The van der Waals surface area contributed by atoms with Crippen molar-refractivity contribution in [2.24, 2.45) is 0 Å². The number of carbonyl (C=O) groups is 1. The van der Waals surface area contributed by atoms with Crippen LogP contribution in [0.4, 0.5) is 4.39 Å². The Hall–Kier alpha value is -3.34. The summed E-state index contributed by atoms with van der Waals surface area (Å²) in [6.45, 7) is 0.815. The van der Waals surface area contributed by atoms with Gasteiger partial charge in [0.25, 0.3) is 5.91 Å². The van der Waals surface area contributed by atoms with Crippen LogP contribution in [0.25, 0.3) is 0 Å². The second-order valence-electron chi connectivity index (χ2n) is 6.61. The number of benzene rings is 3. The molecule has 142 valence electrons. The Morgan fingerprint density at radius 3 is 2.64 bits per heavy atom. The summed E-state index contributed by atoms with van der Waals surface area (Å²) in [5.74, 6) is 0.807. The van der Waals surface area contributed by atoms with Crippen LogP contribution in [-0.2, 0) is 6.61 Å². The lowest BCUT2D eigenvalue weighted by atomic mass is 10.00. The van der Waals surface area contributed by atoms with Crippen molar-refractivity contribution in [3.63, 3.8) is 0 Å². The van der Waals surface area contributed by atoms with E-state index in [1.54, 1.807) is 30.3 Å². The van der Waals surface area contributed by atoms with Crippen LogP contribution in [0, 0.1) is 5.82 Å². The zero-order valence-electron chi connectivity index (χ0n) is 15.2. The summed E-state index contributed by atoms with van der Waals surface area (Å²) in [5.41, 5.74) is 2.27. The van der Waals surface area contributed by atoms with Crippen molar-refractivity contribution < 1.29 is 18.7 Å². The Labute approximate surface area is 162 Å². The van der Waals surface area contributed by atoms with Crippen molar-refractivity contribution in [1.82, 2.24) is 5.32 Å². The predicted molar refractivity (Wildman–Crippen MR) is 104 cm³/mol. The molecule has 0 saturated carbocycles. The van der Waals surface area contributed by atoms with E-state index in [1.165, 1.54) is 12.1 Å². The average Bonchev–Trinajstić information content (AvgIpc) is 2.74. The molecule has 0 spiro atoms. The number of carbonyl (C=O) groups excluding carboxylic acids is 1. The molecular weight excluding hydrogens is 357 g/mol. The normalized spacial score (nSPS) is 15.2. The van der Waals surface area contributed by atoms with Gasteiger partial charge in [-0.15, -0.1) is 0 Å². The molecule has 1 atom stereocenters. The quantitative estimate of drug-likeness (QED) is 0.704. The fourth-order valence-corrected chi connectivity index (χ4v) is 3.25. The maximum absolute atomic E-state index is 13.0. The van der Waals surface area contributed by atoms with Gasteiger partial charge in [0, 0.05) is 12.0 Å². The maximum atomic E-state index is 13.0. The predicted octanol–water partition coefficient (Wildman–Crippen LogP) is 4.66. The van der Waals surface area contributed by atoms with Gasteiger partial charge in [-0.25, -0.2) is 4.39 Å². The number of fused-ring (bicyclic) bond motifs is 1. The lowest BCUT2D eigenvalue weighted by Gasteiger charge is -2.26. The molecule has 4 nitrogen and oxygen atoms in total. The van der Waals surface area contributed by atoms with Crippen molar-refractivity contribution in [3.05, 3.63) is 95.3 Å². The first-order chi connectivity index (χ1) is 13.7. The Bertz CT molecular complexity index is 972. The van der Waals surface area contributed by atoms with Crippen molar-refractivity contribution >= 4 is 5.91 Å². The van der Waals surface area contributed by atoms with E-state index in [0.717, 1.165) is 16.9 Å². The highest BCUT2D eigenvalue weighted by Gasteiger charge is 2.24. The van der Waals surface area contributed by atoms with Crippen LogP contribution in [0.2, 0.25) is 0 Å². The van der Waals surface area contributed by atoms with Crippen LogP contribution in [0.5, 0.6) is 11.5 Å². The molecule has 5 heteroatoms. The van der Waals surface area contributed by atoms with Crippen LogP contribution < -0.4 is 14.8 Å². The summed E-state index contributed by atoms with van der Waals surface area (Å²) < 4.78 is 24.5. The molecule has 4 rings (SSSR count). The molecule has 0 saturated heterocycles. The number of hydrogen-bond acceptors (Lipinski definition) is 3. The molecule has 0 bridgehead atoms. The number of amides is 1. The van der Waals surface area contributed by atoms with Crippen molar-refractivity contribution in [1.29, 1.82) is 0 Å². The van der Waals surface area contributed by atoms with Gasteiger partial charge in [-0.05, 0) is 35.9 Å². The largest absolute Gasteiger partial charge is 0.493 e. The summed E-state index contributed by atoms with van der Waals surface area (Å²) in [4.78, 5) is 12.9. The number of rotatable bonds is 5. The fourth-order valence-electron chi connectivity index (χ4n) is 3.25. The van der Waals surface area contributed by atoms with Crippen LogP contribution in [0.15, 0.2) is 72.8 Å². The highest BCUT2D eigenvalue weighted by Crippen LogP contribution is 2.32. The molecular formula is C23H20FNO3. The monoisotopic (exact) mass is 377 g/mol. The molecule has 1 amide bonds. The molecule has 0 aromatic heterocycles.